The lowest BCUT2D eigenvalue weighted by Gasteiger charge is -2.38. The number of carbonyl (C=O) groups excluding carboxylic acids is 2. The molecule has 1 saturated carbocycles. The fraction of sp³-hybridized carbons (Fsp3) is 0.448. The zero-order valence-corrected chi connectivity index (χ0v) is 21.3. The molecule has 0 unspecified atom stereocenters. The van der Waals surface area contributed by atoms with Gasteiger partial charge in [-0.05, 0) is 54.5 Å². The minimum Gasteiger partial charge on any atom is -0.357 e. The highest BCUT2D eigenvalue weighted by Crippen LogP contribution is 2.48. The molecule has 1 fully saturated rings. The predicted octanol–water partition coefficient (Wildman–Crippen LogP) is 6.41. The van der Waals surface area contributed by atoms with Crippen molar-refractivity contribution in [2.45, 2.75) is 70.9 Å². The van der Waals surface area contributed by atoms with Gasteiger partial charge in [-0.15, -0.1) is 0 Å². The second kappa shape index (κ2) is 9.69. The van der Waals surface area contributed by atoms with Gasteiger partial charge in [0.2, 0.25) is 5.91 Å². The first-order chi connectivity index (χ1) is 16.8. The van der Waals surface area contributed by atoms with Crippen molar-refractivity contribution in [2.24, 2.45) is 5.41 Å². The van der Waals surface area contributed by atoms with Crippen LogP contribution >= 0.6 is 11.6 Å². The largest absolute Gasteiger partial charge is 0.357 e. The molecule has 2 aromatic rings. The Morgan fingerprint density at radius 1 is 1.06 bits per heavy atom. The molecular formula is C29H34ClN3O2. The molecule has 1 aliphatic heterocycles. The number of carbonyl (C=O) groups is 2. The topological polar surface area (TPSA) is 61.4 Å². The molecule has 6 heteroatoms. The average molecular weight is 492 g/mol. The van der Waals surface area contributed by atoms with E-state index < -0.39 is 0 Å². The third-order valence-electron chi connectivity index (χ3n) is 7.47. The highest BCUT2D eigenvalue weighted by molar-refractivity contribution is 6.30. The van der Waals surface area contributed by atoms with Crippen molar-refractivity contribution in [3.05, 3.63) is 70.4 Å². The predicted molar refractivity (Wildman–Crippen MR) is 142 cm³/mol. The number of amides is 1. The van der Waals surface area contributed by atoms with E-state index in [9.17, 15) is 9.59 Å². The number of fused-ring (bicyclic) bond motifs is 1. The van der Waals surface area contributed by atoms with Gasteiger partial charge in [0.1, 0.15) is 0 Å². The molecule has 1 amide bonds. The molecule has 0 spiro atoms. The number of hydrogen-bond acceptors (Lipinski definition) is 4. The van der Waals surface area contributed by atoms with Gasteiger partial charge in [-0.25, -0.2) is 0 Å². The van der Waals surface area contributed by atoms with Crippen LogP contribution in [0.15, 0.2) is 59.8 Å². The number of nitrogens with zero attached hydrogens (tertiary/aromatic N) is 1. The quantitative estimate of drug-likeness (QED) is 0.519. The molecule has 0 radical (unpaired) electrons. The zero-order valence-electron chi connectivity index (χ0n) is 20.6. The normalized spacial score (nSPS) is 22.1. The van der Waals surface area contributed by atoms with Crippen LogP contribution in [-0.2, 0) is 9.59 Å². The van der Waals surface area contributed by atoms with Crippen molar-refractivity contribution in [1.82, 2.24) is 5.32 Å². The number of hydrogen-bond donors (Lipinski definition) is 2. The Labute approximate surface area is 212 Å². The van der Waals surface area contributed by atoms with Gasteiger partial charge >= 0.3 is 0 Å². The lowest BCUT2D eigenvalue weighted by atomic mass is 9.73. The SMILES string of the molecule is CC1(C)CC(=O)C2=C(C1)Nc1ccccc1N(CC(=O)NC1CCCCC1)[C@@H]2c1ccc(Cl)cc1. The number of ketones is 1. The summed E-state index contributed by atoms with van der Waals surface area (Å²) in [7, 11) is 0. The lowest BCUT2D eigenvalue weighted by Crippen LogP contribution is -2.45. The summed E-state index contributed by atoms with van der Waals surface area (Å²) in [6.07, 6.45) is 6.89. The maximum Gasteiger partial charge on any atom is 0.239 e. The van der Waals surface area contributed by atoms with Crippen LogP contribution < -0.4 is 15.5 Å². The summed E-state index contributed by atoms with van der Waals surface area (Å²) >= 11 is 6.23. The van der Waals surface area contributed by atoms with Crippen molar-refractivity contribution in [1.29, 1.82) is 0 Å². The lowest BCUT2D eigenvalue weighted by molar-refractivity contribution is -0.121. The Morgan fingerprint density at radius 2 is 1.77 bits per heavy atom. The highest BCUT2D eigenvalue weighted by Gasteiger charge is 2.42. The first kappa shape index (κ1) is 23.9. The van der Waals surface area contributed by atoms with Gasteiger partial charge in [0.15, 0.2) is 5.78 Å². The Morgan fingerprint density at radius 3 is 2.51 bits per heavy atom. The smallest absolute Gasteiger partial charge is 0.239 e. The van der Waals surface area contributed by atoms with Gasteiger partial charge in [-0.2, -0.15) is 0 Å². The van der Waals surface area contributed by atoms with Crippen LogP contribution in [-0.4, -0.2) is 24.3 Å². The summed E-state index contributed by atoms with van der Waals surface area (Å²) in [6, 6.07) is 15.6. The minimum atomic E-state index is -0.376. The summed E-state index contributed by atoms with van der Waals surface area (Å²) in [5.41, 5.74) is 4.38. The van der Waals surface area contributed by atoms with E-state index in [1.54, 1.807) is 0 Å². The molecule has 3 aliphatic rings. The van der Waals surface area contributed by atoms with E-state index in [4.69, 9.17) is 11.6 Å². The van der Waals surface area contributed by atoms with Crippen LogP contribution in [0.1, 0.15) is 70.4 Å². The van der Waals surface area contributed by atoms with Gasteiger partial charge < -0.3 is 15.5 Å². The molecular weight excluding hydrogens is 458 g/mol. The number of Topliss-reactive ketones (excluding diaryl/α,β-unsaturated/α-hetero) is 1. The molecule has 5 nitrogen and oxygen atoms in total. The van der Waals surface area contributed by atoms with E-state index in [1.165, 1.54) is 6.42 Å². The third kappa shape index (κ3) is 5.11. The third-order valence-corrected chi connectivity index (χ3v) is 7.73. The van der Waals surface area contributed by atoms with Gasteiger partial charge in [0.25, 0.3) is 0 Å². The minimum absolute atomic E-state index is 0.00157. The summed E-state index contributed by atoms with van der Waals surface area (Å²) in [4.78, 5) is 29.2. The van der Waals surface area contributed by atoms with E-state index in [0.29, 0.717) is 11.4 Å². The maximum absolute atomic E-state index is 13.7. The van der Waals surface area contributed by atoms with Crippen LogP contribution in [0, 0.1) is 5.41 Å². The number of anilines is 2. The first-order valence-corrected chi connectivity index (χ1v) is 13.1. The molecule has 1 atom stereocenters. The van der Waals surface area contributed by atoms with Gasteiger partial charge in [-0.3, -0.25) is 9.59 Å². The molecule has 2 aliphatic carbocycles. The fourth-order valence-electron chi connectivity index (χ4n) is 5.89. The number of nitrogens with one attached hydrogen (secondary N) is 2. The summed E-state index contributed by atoms with van der Waals surface area (Å²) in [5, 5.41) is 7.52. The Balaban J connectivity index is 1.60. The molecule has 35 heavy (non-hydrogen) atoms. The van der Waals surface area contributed by atoms with Crippen LogP contribution in [0.2, 0.25) is 5.02 Å². The number of benzene rings is 2. The van der Waals surface area contributed by atoms with Crippen molar-refractivity contribution in [3.63, 3.8) is 0 Å². The van der Waals surface area contributed by atoms with Crippen LogP contribution in [0.25, 0.3) is 0 Å². The van der Waals surface area contributed by atoms with E-state index in [-0.39, 0.29) is 35.7 Å². The van der Waals surface area contributed by atoms with Crippen LogP contribution in [0.3, 0.4) is 0 Å². The second-order valence-electron chi connectivity index (χ2n) is 11.0. The first-order valence-electron chi connectivity index (χ1n) is 12.7. The summed E-state index contributed by atoms with van der Waals surface area (Å²) < 4.78 is 0. The van der Waals surface area contributed by atoms with E-state index in [0.717, 1.165) is 60.3 Å². The van der Waals surface area contributed by atoms with Crippen LogP contribution in [0.5, 0.6) is 0 Å². The van der Waals surface area contributed by atoms with E-state index >= 15 is 0 Å². The molecule has 2 aromatic carbocycles. The number of rotatable bonds is 4. The average Bonchev–Trinajstić information content (AvgIpc) is 2.94. The fourth-order valence-corrected chi connectivity index (χ4v) is 6.02. The Hall–Kier alpha value is -2.79. The Kier molecular flexibility index (Phi) is 6.63. The molecule has 0 aromatic heterocycles. The van der Waals surface area contributed by atoms with E-state index in [1.807, 2.05) is 48.5 Å². The van der Waals surface area contributed by atoms with Crippen molar-refractivity contribution in [3.8, 4) is 0 Å². The number of halogens is 1. The van der Waals surface area contributed by atoms with Crippen LogP contribution in [0.4, 0.5) is 11.4 Å². The number of allylic oxidation sites excluding steroid dienone is 1. The van der Waals surface area contributed by atoms with Gasteiger partial charge in [0, 0.05) is 28.8 Å². The monoisotopic (exact) mass is 491 g/mol. The van der Waals surface area contributed by atoms with Gasteiger partial charge in [0.05, 0.1) is 24.0 Å². The van der Waals surface area contributed by atoms with Gasteiger partial charge in [-0.1, -0.05) is 69.0 Å². The standard InChI is InChI=1S/C29H34ClN3O2/c1-29(2)16-23-27(25(34)17-29)28(19-12-14-20(30)15-13-19)33(24-11-7-6-10-22(24)32-23)18-26(35)31-21-8-4-3-5-9-21/h6-7,10-15,21,28,32H,3-5,8-9,16-18H2,1-2H3,(H,31,35)/t28-/m1/s1. The molecule has 1 heterocycles. The summed E-state index contributed by atoms with van der Waals surface area (Å²) in [6.45, 7) is 4.45. The zero-order chi connectivity index (χ0) is 24.6. The maximum atomic E-state index is 13.7. The molecule has 2 N–H and O–H groups in total. The second-order valence-corrected chi connectivity index (χ2v) is 11.4. The van der Waals surface area contributed by atoms with Crippen molar-refractivity contribution >= 4 is 34.7 Å². The molecule has 0 saturated heterocycles. The molecule has 184 valence electrons. The number of para-hydroxylation sites is 2. The van der Waals surface area contributed by atoms with Crippen molar-refractivity contribution in [2.75, 3.05) is 16.8 Å². The molecule has 0 bridgehead atoms. The van der Waals surface area contributed by atoms with E-state index in [2.05, 4.69) is 29.4 Å². The van der Waals surface area contributed by atoms with Crippen molar-refractivity contribution < 1.29 is 9.59 Å². The highest BCUT2D eigenvalue weighted by atomic mass is 35.5. The molecule has 5 rings (SSSR count). The Bertz CT molecular complexity index is 1150. The summed E-state index contributed by atoms with van der Waals surface area (Å²) in [5.74, 6) is 0.132.